The van der Waals surface area contributed by atoms with Gasteiger partial charge in [0.25, 0.3) is 5.91 Å². The lowest BCUT2D eigenvalue weighted by Crippen LogP contribution is -2.20. The van der Waals surface area contributed by atoms with Crippen LogP contribution in [0.3, 0.4) is 0 Å². The number of benzene rings is 2. The van der Waals surface area contributed by atoms with Gasteiger partial charge in [-0.2, -0.15) is 0 Å². The second-order valence-corrected chi connectivity index (χ2v) is 8.62. The quantitative estimate of drug-likeness (QED) is 0.736. The van der Waals surface area contributed by atoms with E-state index in [0.717, 1.165) is 6.07 Å². The van der Waals surface area contributed by atoms with E-state index >= 15 is 0 Å². The first kappa shape index (κ1) is 18.4. The number of hydrogen-bond acceptors (Lipinski definition) is 4. The molecular weight excluding hydrogens is 381 g/mol. The van der Waals surface area contributed by atoms with Gasteiger partial charge < -0.3 is 10.1 Å². The number of thioether (sulfide) groups is 2. The van der Waals surface area contributed by atoms with Gasteiger partial charge in [-0.25, -0.2) is 4.39 Å². The van der Waals surface area contributed by atoms with Crippen molar-refractivity contribution in [2.24, 2.45) is 0 Å². The minimum Gasteiger partial charge on any atom is -0.484 e. The Kier molecular flexibility index (Phi) is 6.51. The summed E-state index contributed by atoms with van der Waals surface area (Å²) >= 11 is 9.60. The Bertz CT molecular complexity index is 736. The van der Waals surface area contributed by atoms with E-state index in [4.69, 9.17) is 16.3 Å². The van der Waals surface area contributed by atoms with Crippen molar-refractivity contribution in [2.75, 3.05) is 23.4 Å². The third-order valence-electron chi connectivity index (χ3n) is 3.55. The van der Waals surface area contributed by atoms with Crippen molar-refractivity contribution >= 4 is 46.7 Å². The molecule has 1 aliphatic rings. The molecule has 3 nitrogen and oxygen atoms in total. The van der Waals surface area contributed by atoms with Gasteiger partial charge in [0.15, 0.2) is 6.61 Å². The van der Waals surface area contributed by atoms with E-state index in [1.54, 1.807) is 0 Å². The van der Waals surface area contributed by atoms with Gasteiger partial charge in [-0.05, 0) is 53.8 Å². The van der Waals surface area contributed by atoms with Crippen LogP contribution in [0.2, 0.25) is 5.02 Å². The lowest BCUT2D eigenvalue weighted by atomic mass is 10.2. The van der Waals surface area contributed by atoms with Crippen molar-refractivity contribution in [3.63, 3.8) is 0 Å². The number of amides is 1. The van der Waals surface area contributed by atoms with Crippen LogP contribution in [-0.2, 0) is 4.79 Å². The summed E-state index contributed by atoms with van der Waals surface area (Å²) in [4.78, 5) is 11.9. The molecule has 1 heterocycles. The summed E-state index contributed by atoms with van der Waals surface area (Å²) in [6.07, 6.45) is 1.26. The molecule has 0 atom stereocenters. The molecule has 1 aliphatic heterocycles. The van der Waals surface area contributed by atoms with Crippen molar-refractivity contribution in [3.8, 4) is 5.75 Å². The standard InChI is InChI=1S/C18H17ClFNO2S2/c19-13-4-7-16(15(20)10-13)21-17(22)11-23-14-5-2-12(3-6-14)18-24-8-1-9-25-18/h2-7,10,18H,1,8-9,11H2,(H,21,22). The number of rotatable bonds is 5. The molecule has 0 bridgehead atoms. The fourth-order valence-corrected chi connectivity index (χ4v) is 5.38. The third-order valence-corrected chi connectivity index (χ3v) is 6.80. The Morgan fingerprint density at radius 3 is 2.60 bits per heavy atom. The van der Waals surface area contributed by atoms with E-state index in [2.05, 4.69) is 5.32 Å². The van der Waals surface area contributed by atoms with Gasteiger partial charge in [0.2, 0.25) is 0 Å². The van der Waals surface area contributed by atoms with Crippen molar-refractivity contribution < 1.29 is 13.9 Å². The van der Waals surface area contributed by atoms with Crippen LogP contribution in [0.1, 0.15) is 16.6 Å². The number of halogens is 2. The average molecular weight is 398 g/mol. The zero-order chi connectivity index (χ0) is 17.6. The smallest absolute Gasteiger partial charge is 0.262 e. The maximum absolute atomic E-state index is 13.7. The van der Waals surface area contributed by atoms with E-state index in [1.165, 1.54) is 35.6 Å². The zero-order valence-corrected chi connectivity index (χ0v) is 15.7. The van der Waals surface area contributed by atoms with E-state index in [9.17, 15) is 9.18 Å². The average Bonchev–Trinajstić information content (AvgIpc) is 2.63. The molecule has 0 aliphatic carbocycles. The number of carbonyl (C=O) groups is 1. The number of carbonyl (C=O) groups excluding carboxylic acids is 1. The van der Waals surface area contributed by atoms with Crippen molar-refractivity contribution in [3.05, 3.63) is 58.9 Å². The molecule has 7 heteroatoms. The Balaban J connectivity index is 1.51. The van der Waals surface area contributed by atoms with Crippen molar-refractivity contribution in [1.82, 2.24) is 0 Å². The number of ether oxygens (including phenoxy) is 1. The molecule has 1 amide bonds. The van der Waals surface area contributed by atoms with Gasteiger partial charge in [0.05, 0.1) is 10.3 Å². The second kappa shape index (κ2) is 8.83. The number of hydrogen-bond donors (Lipinski definition) is 1. The van der Waals surface area contributed by atoms with Crippen LogP contribution in [0.25, 0.3) is 0 Å². The summed E-state index contributed by atoms with van der Waals surface area (Å²) in [5.41, 5.74) is 1.34. The Hall–Kier alpha value is -1.37. The molecule has 0 aromatic heterocycles. The molecule has 1 saturated heterocycles. The van der Waals surface area contributed by atoms with E-state index in [1.807, 2.05) is 47.8 Å². The number of nitrogens with one attached hydrogen (secondary N) is 1. The molecule has 132 valence electrons. The van der Waals surface area contributed by atoms with Crippen LogP contribution in [0.4, 0.5) is 10.1 Å². The highest BCUT2D eigenvalue weighted by atomic mass is 35.5. The molecule has 0 unspecified atom stereocenters. The summed E-state index contributed by atoms with van der Waals surface area (Å²) in [6, 6.07) is 11.9. The van der Waals surface area contributed by atoms with E-state index < -0.39 is 11.7 Å². The summed E-state index contributed by atoms with van der Waals surface area (Å²) in [7, 11) is 0. The van der Waals surface area contributed by atoms with Gasteiger partial charge >= 0.3 is 0 Å². The zero-order valence-electron chi connectivity index (χ0n) is 13.3. The van der Waals surface area contributed by atoms with Gasteiger partial charge in [-0.15, -0.1) is 23.5 Å². The monoisotopic (exact) mass is 397 g/mol. The van der Waals surface area contributed by atoms with Crippen molar-refractivity contribution in [1.29, 1.82) is 0 Å². The molecule has 2 aromatic rings. The van der Waals surface area contributed by atoms with E-state index in [0.29, 0.717) is 10.3 Å². The first-order valence-corrected chi connectivity index (χ1v) is 10.3. The molecular formula is C18H17ClFNO2S2. The van der Waals surface area contributed by atoms with Crippen LogP contribution >= 0.6 is 35.1 Å². The third kappa shape index (κ3) is 5.30. The summed E-state index contributed by atoms with van der Waals surface area (Å²) < 4.78 is 19.6. The molecule has 3 rings (SSSR count). The Morgan fingerprint density at radius 1 is 1.20 bits per heavy atom. The van der Waals surface area contributed by atoms with Crippen LogP contribution in [-0.4, -0.2) is 24.0 Å². The molecule has 1 N–H and O–H groups in total. The first-order valence-electron chi connectivity index (χ1n) is 7.83. The predicted octanol–water partition coefficient (Wildman–Crippen LogP) is 5.37. The lowest BCUT2D eigenvalue weighted by Gasteiger charge is -2.21. The lowest BCUT2D eigenvalue weighted by molar-refractivity contribution is -0.118. The van der Waals surface area contributed by atoms with Crippen LogP contribution in [0.5, 0.6) is 5.75 Å². The van der Waals surface area contributed by atoms with Crippen molar-refractivity contribution in [2.45, 2.75) is 11.0 Å². The maximum atomic E-state index is 13.7. The predicted molar refractivity (Wildman–Crippen MR) is 104 cm³/mol. The molecule has 0 spiro atoms. The fourth-order valence-electron chi connectivity index (χ4n) is 2.33. The van der Waals surface area contributed by atoms with Gasteiger partial charge in [-0.1, -0.05) is 23.7 Å². The highest BCUT2D eigenvalue weighted by molar-refractivity contribution is 8.16. The molecule has 25 heavy (non-hydrogen) atoms. The minimum atomic E-state index is -0.576. The van der Waals surface area contributed by atoms with Crippen LogP contribution in [0, 0.1) is 5.82 Å². The highest BCUT2D eigenvalue weighted by Gasteiger charge is 2.16. The molecule has 2 aromatic carbocycles. The molecule has 0 radical (unpaired) electrons. The van der Waals surface area contributed by atoms with Crippen LogP contribution < -0.4 is 10.1 Å². The van der Waals surface area contributed by atoms with Gasteiger partial charge in [0, 0.05) is 5.02 Å². The van der Waals surface area contributed by atoms with E-state index in [-0.39, 0.29) is 17.3 Å². The first-order chi connectivity index (χ1) is 12.1. The second-order valence-electron chi connectivity index (χ2n) is 5.46. The normalized spacial score (nSPS) is 15.0. The summed E-state index contributed by atoms with van der Waals surface area (Å²) in [6.45, 7) is -0.186. The molecule has 0 saturated carbocycles. The summed E-state index contributed by atoms with van der Waals surface area (Å²) in [5, 5.41) is 2.75. The Labute approximate surface area is 159 Å². The maximum Gasteiger partial charge on any atom is 0.262 e. The van der Waals surface area contributed by atoms with Crippen LogP contribution in [0.15, 0.2) is 42.5 Å². The number of anilines is 1. The molecule has 1 fully saturated rings. The fraction of sp³-hybridized carbons (Fsp3) is 0.278. The highest BCUT2D eigenvalue weighted by Crippen LogP contribution is 2.43. The van der Waals surface area contributed by atoms with Gasteiger partial charge in [-0.3, -0.25) is 4.79 Å². The topological polar surface area (TPSA) is 38.3 Å². The van der Waals surface area contributed by atoms with Gasteiger partial charge in [0.1, 0.15) is 11.6 Å². The SMILES string of the molecule is O=C(COc1ccc(C2SCCCS2)cc1)Nc1ccc(Cl)cc1F. The Morgan fingerprint density at radius 2 is 1.92 bits per heavy atom. The summed E-state index contributed by atoms with van der Waals surface area (Å²) in [5.74, 6) is 1.99. The largest absolute Gasteiger partial charge is 0.484 e. The minimum absolute atomic E-state index is 0.0831.